The van der Waals surface area contributed by atoms with Crippen molar-refractivity contribution in [2.45, 2.75) is 20.3 Å². The van der Waals surface area contributed by atoms with Gasteiger partial charge in [-0.25, -0.2) is 0 Å². The van der Waals surface area contributed by atoms with Crippen LogP contribution in [0.1, 0.15) is 29.3 Å². The van der Waals surface area contributed by atoms with Gasteiger partial charge < -0.3 is 15.0 Å². The average molecular weight is 431 g/mol. The van der Waals surface area contributed by atoms with Crippen LogP contribution in [-0.2, 0) is 9.59 Å². The molecule has 0 aliphatic carbocycles. The SMILES string of the molecule is CC(=O)c1ccc2c(c1)N(CCC(=O)Nc1ccc(C)c(Br)c1)C(=O)CO2. The molecular formula is C20H19BrN2O4. The van der Waals surface area contributed by atoms with Gasteiger partial charge in [0.25, 0.3) is 5.91 Å². The molecule has 3 rings (SSSR count). The molecule has 140 valence electrons. The molecule has 0 saturated heterocycles. The van der Waals surface area contributed by atoms with E-state index in [2.05, 4.69) is 21.2 Å². The molecule has 0 bridgehead atoms. The summed E-state index contributed by atoms with van der Waals surface area (Å²) in [6, 6.07) is 10.5. The zero-order valence-corrected chi connectivity index (χ0v) is 16.6. The fourth-order valence-electron chi connectivity index (χ4n) is 2.77. The predicted molar refractivity (Wildman–Crippen MR) is 106 cm³/mol. The first-order chi connectivity index (χ1) is 12.8. The average Bonchev–Trinajstić information content (AvgIpc) is 2.63. The maximum atomic E-state index is 12.3. The van der Waals surface area contributed by atoms with Gasteiger partial charge in [-0.05, 0) is 49.7 Å². The van der Waals surface area contributed by atoms with Crippen molar-refractivity contribution in [2.24, 2.45) is 0 Å². The Morgan fingerprint density at radius 1 is 1.22 bits per heavy atom. The van der Waals surface area contributed by atoms with Crippen molar-refractivity contribution in [1.82, 2.24) is 0 Å². The molecule has 2 aromatic carbocycles. The van der Waals surface area contributed by atoms with Gasteiger partial charge in [-0.2, -0.15) is 0 Å². The lowest BCUT2D eigenvalue weighted by molar-refractivity contribution is -0.121. The molecular weight excluding hydrogens is 412 g/mol. The monoisotopic (exact) mass is 430 g/mol. The van der Waals surface area contributed by atoms with E-state index in [-0.39, 0.29) is 37.2 Å². The first kappa shape index (κ1) is 19.1. The minimum Gasteiger partial charge on any atom is -0.482 e. The number of ether oxygens (including phenoxy) is 1. The van der Waals surface area contributed by atoms with E-state index in [1.165, 1.54) is 11.8 Å². The highest BCUT2D eigenvalue weighted by molar-refractivity contribution is 9.10. The number of carbonyl (C=O) groups excluding carboxylic acids is 3. The van der Waals surface area contributed by atoms with Crippen LogP contribution in [0.2, 0.25) is 0 Å². The maximum Gasteiger partial charge on any atom is 0.265 e. The number of Topliss-reactive ketones (excluding diaryl/α,β-unsaturated/α-hetero) is 1. The summed E-state index contributed by atoms with van der Waals surface area (Å²) in [4.78, 5) is 37.7. The van der Waals surface area contributed by atoms with E-state index in [1.54, 1.807) is 18.2 Å². The summed E-state index contributed by atoms with van der Waals surface area (Å²) in [6.07, 6.45) is 0.126. The van der Waals surface area contributed by atoms with Crippen LogP contribution in [0.3, 0.4) is 0 Å². The van der Waals surface area contributed by atoms with Crippen molar-refractivity contribution in [1.29, 1.82) is 0 Å². The first-order valence-electron chi connectivity index (χ1n) is 8.49. The highest BCUT2D eigenvalue weighted by Gasteiger charge is 2.26. The molecule has 0 spiro atoms. The Morgan fingerprint density at radius 2 is 2.00 bits per heavy atom. The summed E-state index contributed by atoms with van der Waals surface area (Å²) < 4.78 is 6.33. The largest absolute Gasteiger partial charge is 0.482 e. The van der Waals surface area contributed by atoms with E-state index in [4.69, 9.17) is 4.74 Å². The Labute approximate surface area is 165 Å². The Kier molecular flexibility index (Phi) is 5.60. The molecule has 0 aromatic heterocycles. The van der Waals surface area contributed by atoms with Crippen molar-refractivity contribution in [3.8, 4) is 5.75 Å². The summed E-state index contributed by atoms with van der Waals surface area (Å²) in [7, 11) is 0. The fourth-order valence-corrected chi connectivity index (χ4v) is 3.15. The minimum absolute atomic E-state index is 0.0844. The number of hydrogen-bond acceptors (Lipinski definition) is 4. The summed E-state index contributed by atoms with van der Waals surface area (Å²) in [6.45, 7) is 3.55. The van der Waals surface area contributed by atoms with Crippen molar-refractivity contribution >= 4 is 44.9 Å². The second kappa shape index (κ2) is 7.92. The summed E-state index contributed by atoms with van der Waals surface area (Å²) >= 11 is 3.44. The number of nitrogens with zero attached hydrogens (tertiary/aromatic N) is 1. The smallest absolute Gasteiger partial charge is 0.265 e. The van der Waals surface area contributed by atoms with E-state index in [0.29, 0.717) is 22.7 Å². The van der Waals surface area contributed by atoms with Crippen molar-refractivity contribution in [2.75, 3.05) is 23.4 Å². The molecule has 2 amide bonds. The van der Waals surface area contributed by atoms with Gasteiger partial charge in [0.2, 0.25) is 5.91 Å². The normalized spacial score (nSPS) is 13.0. The third-order valence-corrected chi connectivity index (χ3v) is 5.18. The van der Waals surface area contributed by atoms with E-state index in [0.717, 1.165) is 10.0 Å². The lowest BCUT2D eigenvalue weighted by atomic mass is 10.1. The number of benzene rings is 2. The van der Waals surface area contributed by atoms with Crippen LogP contribution in [0.25, 0.3) is 0 Å². The number of ketones is 1. The second-order valence-electron chi connectivity index (χ2n) is 6.33. The maximum absolute atomic E-state index is 12.3. The van der Waals surface area contributed by atoms with E-state index in [1.807, 2.05) is 25.1 Å². The fraction of sp³-hybridized carbons (Fsp3) is 0.250. The Balaban J connectivity index is 1.71. The lowest BCUT2D eigenvalue weighted by Crippen LogP contribution is -2.40. The third kappa shape index (κ3) is 4.36. The van der Waals surface area contributed by atoms with E-state index >= 15 is 0 Å². The van der Waals surface area contributed by atoms with Crippen LogP contribution in [0, 0.1) is 6.92 Å². The van der Waals surface area contributed by atoms with Crippen molar-refractivity contribution < 1.29 is 19.1 Å². The third-order valence-electron chi connectivity index (χ3n) is 4.33. The van der Waals surface area contributed by atoms with E-state index < -0.39 is 0 Å². The van der Waals surface area contributed by atoms with Crippen molar-refractivity contribution in [3.05, 3.63) is 52.0 Å². The number of nitrogens with one attached hydrogen (secondary N) is 1. The number of amides is 2. The molecule has 27 heavy (non-hydrogen) atoms. The second-order valence-corrected chi connectivity index (χ2v) is 7.19. The van der Waals surface area contributed by atoms with E-state index in [9.17, 15) is 14.4 Å². The first-order valence-corrected chi connectivity index (χ1v) is 9.28. The van der Waals surface area contributed by atoms with Crippen molar-refractivity contribution in [3.63, 3.8) is 0 Å². The number of anilines is 2. The van der Waals surface area contributed by atoms with Gasteiger partial charge in [-0.15, -0.1) is 0 Å². The molecule has 1 N–H and O–H groups in total. The zero-order valence-electron chi connectivity index (χ0n) is 15.0. The minimum atomic E-state index is -0.242. The Bertz CT molecular complexity index is 926. The highest BCUT2D eigenvalue weighted by atomic mass is 79.9. The zero-order chi connectivity index (χ0) is 19.6. The number of halogens is 1. The van der Waals surface area contributed by atoms with Crippen LogP contribution < -0.4 is 15.0 Å². The summed E-state index contributed by atoms with van der Waals surface area (Å²) in [5.74, 6) is -0.00987. The standard InChI is InChI=1S/C20H19BrN2O4/c1-12-3-5-15(10-16(12)21)22-19(25)7-8-23-17-9-14(13(2)24)4-6-18(17)27-11-20(23)26/h3-6,9-10H,7-8,11H2,1-2H3,(H,22,25). The highest BCUT2D eigenvalue weighted by Crippen LogP contribution is 2.33. The van der Waals surface area contributed by atoms with Crippen LogP contribution >= 0.6 is 15.9 Å². The molecule has 7 heteroatoms. The number of rotatable bonds is 5. The quantitative estimate of drug-likeness (QED) is 0.733. The van der Waals surface area contributed by atoms with Crippen LogP contribution in [-0.4, -0.2) is 30.7 Å². The van der Waals surface area contributed by atoms with Gasteiger partial charge in [-0.1, -0.05) is 22.0 Å². The Morgan fingerprint density at radius 3 is 2.70 bits per heavy atom. The van der Waals surface area contributed by atoms with Gasteiger partial charge in [-0.3, -0.25) is 14.4 Å². The summed E-state index contributed by atoms with van der Waals surface area (Å²) in [5, 5.41) is 2.83. The van der Waals surface area contributed by atoms with Crippen LogP contribution in [0.4, 0.5) is 11.4 Å². The summed E-state index contributed by atoms with van der Waals surface area (Å²) in [5.41, 5.74) is 2.77. The predicted octanol–water partition coefficient (Wildman–Crippen LogP) is 3.71. The van der Waals surface area contributed by atoms with Crippen LogP contribution in [0.15, 0.2) is 40.9 Å². The van der Waals surface area contributed by atoms with Gasteiger partial charge in [0, 0.05) is 28.7 Å². The number of hydrogen-bond donors (Lipinski definition) is 1. The molecule has 0 saturated carbocycles. The number of fused-ring (bicyclic) bond motifs is 1. The lowest BCUT2D eigenvalue weighted by Gasteiger charge is -2.29. The van der Waals surface area contributed by atoms with Gasteiger partial charge >= 0.3 is 0 Å². The molecule has 0 radical (unpaired) electrons. The molecule has 0 fully saturated rings. The molecule has 6 nitrogen and oxygen atoms in total. The van der Waals surface area contributed by atoms with Gasteiger partial charge in [0.05, 0.1) is 5.69 Å². The van der Waals surface area contributed by atoms with Crippen LogP contribution in [0.5, 0.6) is 5.75 Å². The Hall–Kier alpha value is -2.67. The molecule has 1 aliphatic heterocycles. The number of carbonyl (C=O) groups is 3. The molecule has 1 heterocycles. The van der Waals surface area contributed by atoms with Gasteiger partial charge in [0.15, 0.2) is 12.4 Å². The topological polar surface area (TPSA) is 75.7 Å². The number of aryl methyl sites for hydroxylation is 1. The molecule has 0 unspecified atom stereocenters. The molecule has 1 aliphatic rings. The van der Waals surface area contributed by atoms with Gasteiger partial charge in [0.1, 0.15) is 5.75 Å². The molecule has 0 atom stereocenters. The molecule has 2 aromatic rings.